The molecule has 0 unspecified atom stereocenters. The second kappa shape index (κ2) is 10.9. The first-order valence-electron chi connectivity index (χ1n) is 7.03. The Labute approximate surface area is 115 Å². The van der Waals surface area contributed by atoms with Gasteiger partial charge in [-0.15, -0.1) is 0 Å². The molecule has 1 heteroatoms. The summed E-state index contributed by atoms with van der Waals surface area (Å²) in [5, 5.41) is 0. The van der Waals surface area contributed by atoms with Crippen molar-refractivity contribution in [1.82, 2.24) is 0 Å². The van der Waals surface area contributed by atoms with Crippen molar-refractivity contribution >= 4 is 0 Å². The average Bonchev–Trinajstić information content (AvgIpc) is 2.23. The van der Waals surface area contributed by atoms with Crippen LogP contribution in [0.4, 0.5) is 0 Å². The van der Waals surface area contributed by atoms with Crippen molar-refractivity contribution in [2.24, 2.45) is 0 Å². The Morgan fingerprint density at radius 3 is 2.00 bits per heavy atom. The standard InChI is InChI=1S/C8H13.C8H12.Co/c2*1-2-4-6-8-7-5-3-1;/h1H,2,4-8H2;1-4H,5-8H2;/b;3-1-,4-2-;. The van der Waals surface area contributed by atoms with E-state index < -0.39 is 0 Å². The minimum atomic E-state index is 1.21. The Hall–Kier alpha value is -0.274. The zero-order valence-corrected chi connectivity index (χ0v) is 11.8. The molecule has 0 nitrogen and oxygen atoms in total. The molecule has 0 saturated heterocycles. The average molecular weight is 276 g/mol. The summed E-state index contributed by atoms with van der Waals surface area (Å²) in [6.45, 7) is 0. The molecule has 0 heterocycles. The third-order valence-corrected chi connectivity index (χ3v) is 3.56. The second-order valence-electron chi connectivity index (χ2n) is 4.72. The summed E-state index contributed by atoms with van der Waals surface area (Å²) in [6, 6.07) is 0. The van der Waals surface area contributed by atoms with Gasteiger partial charge in [0.05, 0.1) is 0 Å². The molecule has 0 amide bonds. The number of rotatable bonds is 0. The summed E-state index contributed by atoms with van der Waals surface area (Å²) >= 11 is 4.39. The van der Waals surface area contributed by atoms with Crippen LogP contribution in [-0.2, 0) is 15.7 Å². The van der Waals surface area contributed by atoms with E-state index in [0.29, 0.717) is 0 Å². The van der Waals surface area contributed by atoms with Gasteiger partial charge in [0, 0.05) is 0 Å². The Morgan fingerprint density at radius 2 is 1.29 bits per heavy atom. The Bertz CT molecular complexity index is 247. The molecule has 0 spiro atoms. The van der Waals surface area contributed by atoms with Gasteiger partial charge in [0.25, 0.3) is 0 Å². The van der Waals surface area contributed by atoms with Crippen LogP contribution in [0.5, 0.6) is 0 Å². The van der Waals surface area contributed by atoms with Crippen LogP contribution in [0, 0.1) is 0 Å². The van der Waals surface area contributed by atoms with Gasteiger partial charge in [0.1, 0.15) is 0 Å². The quantitative estimate of drug-likeness (QED) is 0.552. The summed E-state index contributed by atoms with van der Waals surface area (Å²) in [4.78, 5) is 0. The van der Waals surface area contributed by atoms with E-state index in [1.54, 1.807) is 0 Å². The van der Waals surface area contributed by atoms with Crippen molar-refractivity contribution in [3.63, 3.8) is 0 Å². The van der Waals surface area contributed by atoms with Crippen LogP contribution < -0.4 is 0 Å². The van der Waals surface area contributed by atoms with E-state index in [0.717, 1.165) is 0 Å². The second-order valence-corrected chi connectivity index (χ2v) is 5.38. The van der Waals surface area contributed by atoms with E-state index in [-0.39, 0.29) is 0 Å². The SMILES string of the molecule is C1=C\CCCC\C=C/1.[Co]/[C]1=C/CCCCCC1. The molecule has 0 atom stereocenters. The molecule has 0 N–H and O–H groups in total. The van der Waals surface area contributed by atoms with E-state index in [4.69, 9.17) is 0 Å². The van der Waals surface area contributed by atoms with Crippen LogP contribution in [0.15, 0.2) is 34.9 Å². The minimum absolute atomic E-state index is 1.21. The van der Waals surface area contributed by atoms with Gasteiger partial charge in [-0.3, -0.25) is 0 Å². The van der Waals surface area contributed by atoms with E-state index in [9.17, 15) is 0 Å². The van der Waals surface area contributed by atoms with Crippen LogP contribution >= 0.6 is 0 Å². The van der Waals surface area contributed by atoms with Crippen LogP contribution in [-0.4, -0.2) is 0 Å². The molecule has 17 heavy (non-hydrogen) atoms. The van der Waals surface area contributed by atoms with Gasteiger partial charge >= 0.3 is 64.8 Å². The summed E-state index contributed by atoms with van der Waals surface area (Å²) in [5.74, 6) is 0. The zero-order chi connectivity index (χ0) is 12.2. The van der Waals surface area contributed by atoms with Gasteiger partial charge in [-0.05, 0) is 25.7 Å². The fraction of sp³-hybridized carbons (Fsp3) is 0.625. The molecule has 2 aliphatic carbocycles. The summed E-state index contributed by atoms with van der Waals surface area (Å²) in [7, 11) is 0. The third-order valence-electron chi connectivity index (χ3n) is 3.09. The number of hydrogen-bond donors (Lipinski definition) is 0. The van der Waals surface area contributed by atoms with Crippen molar-refractivity contribution in [1.29, 1.82) is 0 Å². The molecule has 2 rings (SSSR count). The van der Waals surface area contributed by atoms with Gasteiger partial charge in [0.15, 0.2) is 0 Å². The molecule has 0 radical (unpaired) electrons. The van der Waals surface area contributed by atoms with Crippen LogP contribution in [0.25, 0.3) is 0 Å². The van der Waals surface area contributed by atoms with Crippen molar-refractivity contribution in [2.75, 3.05) is 0 Å². The first-order chi connectivity index (χ1) is 8.39. The maximum absolute atomic E-state index is 4.39. The zero-order valence-electron chi connectivity index (χ0n) is 10.8. The Balaban J connectivity index is 0.000000171. The van der Waals surface area contributed by atoms with Crippen molar-refractivity contribution in [3.8, 4) is 0 Å². The molecular formula is C16H25Co. The third kappa shape index (κ3) is 9.43. The summed E-state index contributed by atoms with van der Waals surface area (Å²) in [6.07, 6.45) is 24.2. The molecule has 2 aliphatic rings. The van der Waals surface area contributed by atoms with Crippen LogP contribution in [0.3, 0.4) is 0 Å². The van der Waals surface area contributed by atoms with Crippen molar-refractivity contribution < 1.29 is 15.7 Å². The van der Waals surface area contributed by atoms with Crippen molar-refractivity contribution in [2.45, 2.75) is 64.2 Å². The topological polar surface area (TPSA) is 0 Å². The molecule has 0 aliphatic heterocycles. The predicted octanol–water partition coefficient (Wildman–Crippen LogP) is 5.44. The summed E-state index contributed by atoms with van der Waals surface area (Å²) in [5.41, 5.74) is 0. The van der Waals surface area contributed by atoms with E-state index >= 15 is 0 Å². The molecular weight excluding hydrogens is 251 g/mol. The van der Waals surface area contributed by atoms with Gasteiger partial charge in [-0.1, -0.05) is 24.3 Å². The number of hydrogen-bond acceptors (Lipinski definition) is 0. The van der Waals surface area contributed by atoms with E-state index in [1.807, 2.05) is 0 Å². The molecule has 0 aromatic carbocycles. The molecule has 0 bridgehead atoms. The number of allylic oxidation sites excluding steroid dienone is 6. The molecule has 0 aromatic heterocycles. The van der Waals surface area contributed by atoms with Gasteiger partial charge in [-0.2, -0.15) is 0 Å². The predicted molar refractivity (Wildman–Crippen MR) is 72.5 cm³/mol. The fourth-order valence-corrected chi connectivity index (χ4v) is 2.35. The molecule has 0 fully saturated rings. The van der Waals surface area contributed by atoms with Gasteiger partial charge in [-0.25, -0.2) is 0 Å². The fourth-order valence-electron chi connectivity index (χ4n) is 2.01. The monoisotopic (exact) mass is 276 g/mol. The Morgan fingerprint density at radius 1 is 0.706 bits per heavy atom. The first-order valence-corrected chi connectivity index (χ1v) is 7.55. The first kappa shape index (κ1) is 14.8. The van der Waals surface area contributed by atoms with E-state index in [1.165, 1.54) is 68.7 Å². The van der Waals surface area contributed by atoms with E-state index in [2.05, 4.69) is 46.1 Å². The molecule has 98 valence electrons. The normalized spacial score (nSPS) is 28.0. The van der Waals surface area contributed by atoms with Gasteiger partial charge in [0.2, 0.25) is 0 Å². The van der Waals surface area contributed by atoms with Crippen molar-refractivity contribution in [3.05, 3.63) is 34.9 Å². The van der Waals surface area contributed by atoms with Crippen LogP contribution in [0.1, 0.15) is 64.2 Å². The molecule has 0 saturated carbocycles. The maximum atomic E-state index is 4.39. The summed E-state index contributed by atoms with van der Waals surface area (Å²) < 4.78 is 1.29. The molecule has 0 aromatic rings. The van der Waals surface area contributed by atoms with Gasteiger partial charge < -0.3 is 0 Å². The van der Waals surface area contributed by atoms with Crippen LogP contribution in [0.2, 0.25) is 0 Å². The Kier molecular flexibility index (Phi) is 9.44.